The van der Waals surface area contributed by atoms with Gasteiger partial charge in [-0.15, -0.1) is 0 Å². The molecule has 0 saturated carbocycles. The topological polar surface area (TPSA) is 48.2 Å². The van der Waals surface area contributed by atoms with Crippen LogP contribution in [0.15, 0.2) is 77.3 Å². The van der Waals surface area contributed by atoms with Crippen molar-refractivity contribution in [2.45, 2.75) is 6.61 Å². The maximum atomic E-state index is 13.6. The van der Waals surface area contributed by atoms with Gasteiger partial charge in [-0.3, -0.25) is 0 Å². The zero-order chi connectivity index (χ0) is 18.6. The molecule has 0 spiro atoms. The minimum absolute atomic E-state index is 0.162. The van der Waals surface area contributed by atoms with Crippen molar-refractivity contribution in [3.05, 3.63) is 89.2 Å². The molecular weight excluding hydrogens is 367 g/mol. The molecule has 0 saturated heterocycles. The molecule has 6 heteroatoms. The standard InChI is InChI=1S/C21H14ClFN2O2/c22-17-9-5-15(6-10-17)21-24-20(25-27-21)14-7-11-18(12-8-14)26-13-16-3-1-2-4-19(16)23/h1-12H,13H2. The van der Waals surface area contributed by atoms with E-state index >= 15 is 0 Å². The Morgan fingerprint density at radius 3 is 2.33 bits per heavy atom. The summed E-state index contributed by atoms with van der Waals surface area (Å²) in [4.78, 5) is 4.40. The van der Waals surface area contributed by atoms with Crippen molar-refractivity contribution in [1.29, 1.82) is 0 Å². The van der Waals surface area contributed by atoms with Gasteiger partial charge in [0.25, 0.3) is 5.89 Å². The lowest BCUT2D eigenvalue weighted by atomic mass is 10.2. The van der Waals surface area contributed by atoms with Gasteiger partial charge in [-0.05, 0) is 54.6 Å². The minimum atomic E-state index is -0.282. The molecule has 1 heterocycles. The largest absolute Gasteiger partial charge is 0.489 e. The molecule has 0 atom stereocenters. The molecule has 0 aliphatic rings. The molecule has 4 aromatic rings. The lowest BCUT2D eigenvalue weighted by Gasteiger charge is -2.07. The van der Waals surface area contributed by atoms with Crippen molar-refractivity contribution in [3.63, 3.8) is 0 Å². The minimum Gasteiger partial charge on any atom is -0.489 e. The first-order chi connectivity index (χ1) is 13.2. The van der Waals surface area contributed by atoms with Crippen molar-refractivity contribution in [2.24, 2.45) is 0 Å². The first kappa shape index (κ1) is 17.2. The van der Waals surface area contributed by atoms with Crippen molar-refractivity contribution in [2.75, 3.05) is 0 Å². The number of hydrogen-bond donors (Lipinski definition) is 0. The fraction of sp³-hybridized carbons (Fsp3) is 0.0476. The maximum Gasteiger partial charge on any atom is 0.258 e. The van der Waals surface area contributed by atoms with Crippen LogP contribution >= 0.6 is 11.6 Å². The average Bonchev–Trinajstić information content (AvgIpc) is 3.18. The molecule has 0 aliphatic carbocycles. The highest BCUT2D eigenvalue weighted by Gasteiger charge is 2.11. The molecule has 0 radical (unpaired) electrons. The maximum absolute atomic E-state index is 13.6. The van der Waals surface area contributed by atoms with E-state index in [4.69, 9.17) is 20.9 Å². The molecule has 27 heavy (non-hydrogen) atoms. The van der Waals surface area contributed by atoms with E-state index in [0.717, 1.165) is 11.1 Å². The van der Waals surface area contributed by atoms with Crippen LogP contribution in [-0.4, -0.2) is 10.1 Å². The van der Waals surface area contributed by atoms with E-state index in [2.05, 4.69) is 10.1 Å². The van der Waals surface area contributed by atoms with Gasteiger partial charge in [-0.2, -0.15) is 4.98 Å². The summed E-state index contributed by atoms with van der Waals surface area (Å²) in [6.45, 7) is 0.162. The second-order valence-corrected chi connectivity index (χ2v) is 6.27. The van der Waals surface area contributed by atoms with Crippen molar-refractivity contribution >= 4 is 11.6 Å². The third kappa shape index (κ3) is 3.99. The van der Waals surface area contributed by atoms with Crippen molar-refractivity contribution in [1.82, 2.24) is 10.1 Å². The SMILES string of the molecule is Fc1ccccc1COc1ccc(-c2noc(-c3ccc(Cl)cc3)n2)cc1. The van der Waals surface area contributed by atoms with Gasteiger partial charge < -0.3 is 9.26 Å². The summed E-state index contributed by atoms with van der Waals surface area (Å²) in [5, 5.41) is 4.65. The van der Waals surface area contributed by atoms with Gasteiger partial charge in [-0.1, -0.05) is 35.0 Å². The summed E-state index contributed by atoms with van der Waals surface area (Å²) in [7, 11) is 0. The number of nitrogens with zero attached hydrogens (tertiary/aromatic N) is 2. The lowest BCUT2D eigenvalue weighted by Crippen LogP contribution is -1.98. The fourth-order valence-electron chi connectivity index (χ4n) is 2.53. The monoisotopic (exact) mass is 380 g/mol. The van der Waals surface area contributed by atoms with E-state index < -0.39 is 0 Å². The van der Waals surface area contributed by atoms with Gasteiger partial charge in [0.15, 0.2) is 0 Å². The highest BCUT2D eigenvalue weighted by molar-refractivity contribution is 6.30. The van der Waals surface area contributed by atoms with Crippen molar-refractivity contribution < 1.29 is 13.7 Å². The molecule has 4 nitrogen and oxygen atoms in total. The van der Waals surface area contributed by atoms with Crippen LogP contribution in [0.3, 0.4) is 0 Å². The number of aromatic nitrogens is 2. The van der Waals surface area contributed by atoms with Crippen LogP contribution in [0.25, 0.3) is 22.8 Å². The molecule has 0 fully saturated rings. The van der Waals surface area contributed by atoms with E-state index in [-0.39, 0.29) is 12.4 Å². The van der Waals surface area contributed by atoms with Gasteiger partial charge in [0.1, 0.15) is 18.2 Å². The molecule has 4 rings (SSSR count). The van der Waals surface area contributed by atoms with E-state index in [1.165, 1.54) is 6.07 Å². The zero-order valence-corrected chi connectivity index (χ0v) is 14.9. The van der Waals surface area contributed by atoms with Gasteiger partial charge >= 0.3 is 0 Å². The number of benzene rings is 3. The summed E-state index contributed by atoms with van der Waals surface area (Å²) in [5.41, 5.74) is 2.09. The second kappa shape index (κ2) is 7.60. The van der Waals surface area contributed by atoms with Gasteiger partial charge in [-0.25, -0.2) is 4.39 Å². The van der Waals surface area contributed by atoms with Gasteiger partial charge in [0, 0.05) is 21.7 Å². The molecule has 0 aliphatic heterocycles. The molecule has 0 bridgehead atoms. The lowest BCUT2D eigenvalue weighted by molar-refractivity contribution is 0.300. The molecular formula is C21H14ClFN2O2. The van der Waals surface area contributed by atoms with Crippen molar-refractivity contribution in [3.8, 4) is 28.6 Å². The van der Waals surface area contributed by atoms with Crippen LogP contribution in [-0.2, 0) is 6.61 Å². The number of ether oxygens (including phenoxy) is 1. The molecule has 0 N–H and O–H groups in total. The average molecular weight is 381 g/mol. The molecule has 0 amide bonds. The van der Waals surface area contributed by atoms with E-state index in [1.54, 1.807) is 42.5 Å². The number of hydrogen-bond acceptors (Lipinski definition) is 4. The van der Waals surface area contributed by atoms with E-state index in [0.29, 0.717) is 28.1 Å². The predicted octanol–water partition coefficient (Wildman–Crippen LogP) is 5.78. The first-order valence-corrected chi connectivity index (χ1v) is 8.63. The van der Waals surface area contributed by atoms with Crippen LogP contribution in [0.2, 0.25) is 5.02 Å². The Morgan fingerprint density at radius 2 is 1.59 bits per heavy atom. The molecule has 1 aromatic heterocycles. The van der Waals surface area contributed by atoms with Crippen LogP contribution in [0, 0.1) is 5.82 Å². The van der Waals surface area contributed by atoms with Gasteiger partial charge in [0.2, 0.25) is 5.82 Å². The molecule has 0 unspecified atom stereocenters. The quantitative estimate of drug-likeness (QED) is 0.440. The Labute approximate surface area is 160 Å². The summed E-state index contributed by atoms with van der Waals surface area (Å²) in [5.74, 6) is 1.24. The first-order valence-electron chi connectivity index (χ1n) is 8.25. The third-order valence-electron chi connectivity index (χ3n) is 3.98. The number of halogens is 2. The summed E-state index contributed by atoms with van der Waals surface area (Å²) < 4.78 is 24.6. The zero-order valence-electron chi connectivity index (χ0n) is 14.1. The normalized spacial score (nSPS) is 10.7. The number of rotatable bonds is 5. The Morgan fingerprint density at radius 1 is 0.889 bits per heavy atom. The van der Waals surface area contributed by atoms with Crippen LogP contribution < -0.4 is 4.74 Å². The Bertz CT molecular complexity index is 1050. The Hall–Kier alpha value is -3.18. The summed E-state index contributed by atoms with van der Waals surface area (Å²) in [6.07, 6.45) is 0. The third-order valence-corrected chi connectivity index (χ3v) is 4.23. The van der Waals surface area contributed by atoms with Crippen LogP contribution in [0.4, 0.5) is 4.39 Å². The summed E-state index contributed by atoms with van der Waals surface area (Å²) in [6, 6.07) is 20.9. The van der Waals surface area contributed by atoms with Crippen LogP contribution in [0.5, 0.6) is 5.75 Å². The highest BCUT2D eigenvalue weighted by atomic mass is 35.5. The highest BCUT2D eigenvalue weighted by Crippen LogP contribution is 2.25. The molecule has 134 valence electrons. The fourth-order valence-corrected chi connectivity index (χ4v) is 2.65. The Kier molecular flexibility index (Phi) is 4.85. The Balaban J connectivity index is 1.46. The van der Waals surface area contributed by atoms with E-state index in [9.17, 15) is 4.39 Å². The second-order valence-electron chi connectivity index (χ2n) is 5.83. The molecule has 3 aromatic carbocycles. The van der Waals surface area contributed by atoms with Gasteiger partial charge in [0.05, 0.1) is 0 Å². The summed E-state index contributed by atoms with van der Waals surface area (Å²) >= 11 is 5.89. The predicted molar refractivity (Wildman–Crippen MR) is 101 cm³/mol. The smallest absolute Gasteiger partial charge is 0.258 e. The van der Waals surface area contributed by atoms with Crippen LogP contribution in [0.1, 0.15) is 5.56 Å². The van der Waals surface area contributed by atoms with E-state index in [1.807, 2.05) is 24.3 Å².